The van der Waals surface area contributed by atoms with Gasteiger partial charge in [-0.15, -0.1) is 0 Å². The first kappa shape index (κ1) is 37.7. The molecule has 268 valence electrons. The molecule has 1 saturated carbocycles. The lowest BCUT2D eigenvalue weighted by Gasteiger charge is -2.36. The van der Waals surface area contributed by atoms with E-state index >= 15 is 0 Å². The van der Waals surface area contributed by atoms with Crippen LogP contribution in [0, 0.1) is 5.41 Å². The Morgan fingerprint density at radius 1 is 0.959 bits per heavy atom. The normalized spacial score (nSPS) is 20.1. The molecule has 2 fully saturated rings. The Balaban J connectivity index is 1.52. The Morgan fingerprint density at radius 2 is 1.69 bits per heavy atom. The third kappa shape index (κ3) is 10.2. The summed E-state index contributed by atoms with van der Waals surface area (Å²) in [6, 6.07) is 11.9. The van der Waals surface area contributed by atoms with Crippen molar-refractivity contribution in [1.29, 1.82) is 0 Å². The number of Topliss-reactive ketones (excluding diaryl/α,β-unsaturated/α-hetero) is 1. The van der Waals surface area contributed by atoms with Gasteiger partial charge < -0.3 is 34.3 Å². The average molecular weight is 681 g/mol. The highest BCUT2D eigenvalue weighted by Gasteiger charge is 2.41. The van der Waals surface area contributed by atoms with E-state index in [1.54, 1.807) is 46.3 Å². The average Bonchev–Trinajstić information content (AvgIpc) is 3.12. The molecule has 11 heteroatoms. The fourth-order valence-electron chi connectivity index (χ4n) is 6.29. The van der Waals surface area contributed by atoms with Gasteiger partial charge in [-0.05, 0) is 99.6 Å². The van der Waals surface area contributed by atoms with Crippen LogP contribution in [0.5, 0.6) is 17.2 Å². The number of aliphatic hydroxyl groups excluding tert-OH is 1. The van der Waals surface area contributed by atoms with Crippen molar-refractivity contribution in [3.8, 4) is 17.2 Å². The van der Waals surface area contributed by atoms with Crippen LogP contribution in [0.4, 0.5) is 0 Å². The van der Waals surface area contributed by atoms with Crippen LogP contribution in [0.15, 0.2) is 42.5 Å². The van der Waals surface area contributed by atoms with E-state index in [-0.39, 0.29) is 24.7 Å². The molecule has 2 atom stereocenters. The van der Waals surface area contributed by atoms with E-state index in [0.29, 0.717) is 74.3 Å². The second-order valence-corrected chi connectivity index (χ2v) is 13.7. The van der Waals surface area contributed by atoms with Crippen molar-refractivity contribution >= 4 is 23.6 Å². The van der Waals surface area contributed by atoms with E-state index in [1.165, 1.54) is 4.90 Å². The summed E-state index contributed by atoms with van der Waals surface area (Å²) >= 11 is 0. The Kier molecular flexibility index (Phi) is 13.5. The third-order valence-corrected chi connectivity index (χ3v) is 9.79. The molecule has 2 N–H and O–H groups in total. The molecule has 0 aromatic heterocycles. The molecule has 0 unspecified atom stereocenters. The molecule has 0 bridgehead atoms. The number of benzene rings is 2. The molecular formula is C38H52N2O9. The Bertz CT molecular complexity index is 1450. The number of ether oxygens (including phenoxy) is 4. The van der Waals surface area contributed by atoms with Crippen molar-refractivity contribution in [3.05, 3.63) is 53.6 Å². The molecule has 2 aromatic rings. The summed E-state index contributed by atoms with van der Waals surface area (Å²) in [5.74, 6) is -0.319. The highest BCUT2D eigenvalue weighted by atomic mass is 16.5. The minimum Gasteiger partial charge on any atom is -0.493 e. The second kappa shape index (κ2) is 17.5. The monoisotopic (exact) mass is 680 g/mol. The van der Waals surface area contributed by atoms with Crippen molar-refractivity contribution < 1.29 is 43.2 Å². The number of hydrogen-bond donors (Lipinski definition) is 2. The van der Waals surface area contributed by atoms with Gasteiger partial charge in [-0.3, -0.25) is 14.4 Å². The standard InChI is InChI=1S/C38H52N2O9/c1-6-38(2,3)35(43)36(44)40-21-8-7-12-30(40)37(45)49-31(19-13-25-14-20-32(46-4)33(22-25)47-5)26-10-9-11-29(23-26)48-24-34(42)39-27-15-17-28(41)18-16-27/h9-11,14,20,22-23,27-28,30-31,41H,6-8,12-13,15-19,21,24H2,1-5H3,(H,39,42)/t27?,28?,30-,31+/m0/s1. The maximum absolute atomic E-state index is 13.9. The predicted octanol–water partition coefficient (Wildman–Crippen LogP) is 5.11. The lowest BCUT2D eigenvalue weighted by Crippen LogP contribution is -2.53. The van der Waals surface area contributed by atoms with E-state index in [9.17, 15) is 24.3 Å². The zero-order valence-corrected chi connectivity index (χ0v) is 29.5. The molecule has 4 rings (SSSR count). The second-order valence-electron chi connectivity index (χ2n) is 13.7. The van der Waals surface area contributed by atoms with Crippen molar-refractivity contribution in [1.82, 2.24) is 10.2 Å². The molecule has 0 spiro atoms. The summed E-state index contributed by atoms with van der Waals surface area (Å²) in [4.78, 5) is 54.4. The molecule has 1 heterocycles. The number of amides is 2. The number of aryl methyl sites for hydroxylation is 1. The molecule has 1 aliphatic heterocycles. The van der Waals surface area contributed by atoms with Crippen molar-refractivity contribution in [2.45, 2.75) is 109 Å². The van der Waals surface area contributed by atoms with Gasteiger partial charge in [0.25, 0.3) is 11.8 Å². The van der Waals surface area contributed by atoms with Gasteiger partial charge in [-0.2, -0.15) is 0 Å². The van der Waals surface area contributed by atoms with Gasteiger partial charge in [0.15, 0.2) is 18.1 Å². The fraction of sp³-hybridized carbons (Fsp3) is 0.579. The molecular weight excluding hydrogens is 628 g/mol. The molecule has 11 nitrogen and oxygen atoms in total. The number of carbonyl (C=O) groups excluding carboxylic acids is 4. The summed E-state index contributed by atoms with van der Waals surface area (Å²) < 4.78 is 22.9. The number of esters is 1. The molecule has 2 aromatic carbocycles. The topological polar surface area (TPSA) is 141 Å². The zero-order chi connectivity index (χ0) is 35.6. The number of hydrogen-bond acceptors (Lipinski definition) is 9. The maximum atomic E-state index is 13.9. The van der Waals surface area contributed by atoms with Gasteiger partial charge >= 0.3 is 5.97 Å². The van der Waals surface area contributed by atoms with Gasteiger partial charge in [0.2, 0.25) is 5.78 Å². The Morgan fingerprint density at radius 3 is 2.39 bits per heavy atom. The summed E-state index contributed by atoms with van der Waals surface area (Å²) in [5.41, 5.74) is 0.783. The maximum Gasteiger partial charge on any atom is 0.329 e. The number of rotatable bonds is 15. The van der Waals surface area contributed by atoms with Crippen LogP contribution in [0.1, 0.15) is 95.8 Å². The van der Waals surface area contributed by atoms with Crippen molar-refractivity contribution in [2.24, 2.45) is 5.41 Å². The highest BCUT2D eigenvalue weighted by molar-refractivity contribution is 6.38. The lowest BCUT2D eigenvalue weighted by molar-refractivity contribution is -0.164. The summed E-state index contributed by atoms with van der Waals surface area (Å²) in [7, 11) is 3.14. The number of nitrogens with one attached hydrogen (secondary N) is 1. The van der Waals surface area contributed by atoms with Crippen molar-refractivity contribution in [2.75, 3.05) is 27.4 Å². The van der Waals surface area contributed by atoms with E-state index in [2.05, 4.69) is 5.32 Å². The molecule has 2 amide bonds. The van der Waals surface area contributed by atoms with Crippen LogP contribution in [-0.2, 0) is 30.3 Å². The van der Waals surface area contributed by atoms with Gasteiger partial charge in [0.1, 0.15) is 17.9 Å². The minimum atomic E-state index is -0.870. The molecule has 49 heavy (non-hydrogen) atoms. The number of piperidine rings is 1. The number of likely N-dealkylation sites (tertiary alicyclic amines) is 1. The van der Waals surface area contributed by atoms with Gasteiger partial charge in [-0.25, -0.2) is 4.79 Å². The first-order chi connectivity index (χ1) is 23.4. The number of methoxy groups -OCH3 is 2. The van der Waals surface area contributed by atoms with E-state index in [4.69, 9.17) is 18.9 Å². The molecule has 1 saturated heterocycles. The number of aliphatic hydroxyl groups is 1. The predicted molar refractivity (Wildman–Crippen MR) is 183 cm³/mol. The molecule has 2 aliphatic rings. The van der Waals surface area contributed by atoms with Crippen LogP contribution < -0.4 is 19.5 Å². The SMILES string of the molecule is CCC(C)(C)C(=O)C(=O)N1CCCC[C@H]1C(=O)O[C@H](CCc1ccc(OC)c(OC)c1)c1cccc(OCC(=O)NC2CCC(O)CC2)c1. The number of ketones is 1. The van der Waals surface area contributed by atoms with E-state index in [1.807, 2.05) is 31.2 Å². The highest BCUT2D eigenvalue weighted by Crippen LogP contribution is 2.33. The van der Waals surface area contributed by atoms with Crippen LogP contribution >= 0.6 is 0 Å². The van der Waals surface area contributed by atoms with E-state index in [0.717, 1.165) is 24.8 Å². The first-order valence-electron chi connectivity index (χ1n) is 17.4. The number of carbonyl (C=O) groups is 4. The number of nitrogens with zero attached hydrogens (tertiary/aromatic N) is 1. The van der Waals surface area contributed by atoms with Crippen molar-refractivity contribution in [3.63, 3.8) is 0 Å². The zero-order valence-electron chi connectivity index (χ0n) is 29.5. The fourth-order valence-corrected chi connectivity index (χ4v) is 6.29. The lowest BCUT2D eigenvalue weighted by atomic mass is 9.84. The molecule has 0 radical (unpaired) electrons. The molecule has 1 aliphatic carbocycles. The summed E-state index contributed by atoms with van der Waals surface area (Å²) in [5, 5.41) is 12.7. The van der Waals surface area contributed by atoms with E-state index < -0.39 is 35.2 Å². The smallest absolute Gasteiger partial charge is 0.329 e. The largest absolute Gasteiger partial charge is 0.493 e. The first-order valence-corrected chi connectivity index (χ1v) is 17.4. The summed E-state index contributed by atoms with van der Waals surface area (Å²) in [6.07, 6.45) is 5.04. The van der Waals surface area contributed by atoms with Gasteiger partial charge in [-0.1, -0.05) is 39.0 Å². The van der Waals surface area contributed by atoms with Crippen LogP contribution in [0.3, 0.4) is 0 Å². The Hall–Kier alpha value is -4.12. The third-order valence-electron chi connectivity index (χ3n) is 9.79. The van der Waals surface area contributed by atoms with Crippen LogP contribution in [-0.4, -0.2) is 79.1 Å². The van der Waals surface area contributed by atoms with Crippen LogP contribution in [0.25, 0.3) is 0 Å². The summed E-state index contributed by atoms with van der Waals surface area (Å²) in [6.45, 7) is 5.49. The quantitative estimate of drug-likeness (QED) is 0.194. The van der Waals surface area contributed by atoms with Gasteiger partial charge in [0.05, 0.1) is 20.3 Å². The minimum absolute atomic E-state index is 0.0146. The van der Waals surface area contributed by atoms with Crippen LogP contribution in [0.2, 0.25) is 0 Å². The van der Waals surface area contributed by atoms with Gasteiger partial charge in [0, 0.05) is 18.0 Å². The Labute approximate surface area is 289 Å².